The molecule has 1 aromatic rings. The van der Waals surface area contributed by atoms with E-state index >= 15 is 0 Å². The van der Waals surface area contributed by atoms with Crippen molar-refractivity contribution < 1.29 is 5.11 Å². The lowest BCUT2D eigenvalue weighted by Gasteiger charge is -2.11. The first kappa shape index (κ1) is 10.2. The van der Waals surface area contributed by atoms with Gasteiger partial charge < -0.3 is 10.8 Å². The molecule has 0 bridgehead atoms. The van der Waals surface area contributed by atoms with Gasteiger partial charge in [0.2, 0.25) is 0 Å². The van der Waals surface area contributed by atoms with Crippen LogP contribution in [0.5, 0.6) is 0 Å². The molecule has 0 amide bonds. The second-order valence-corrected chi connectivity index (χ2v) is 3.32. The predicted octanol–water partition coefficient (Wildman–Crippen LogP) is 0.0715. The van der Waals surface area contributed by atoms with Gasteiger partial charge in [0.1, 0.15) is 0 Å². The maximum absolute atomic E-state index is 9.12. The highest BCUT2D eigenvalue weighted by molar-refractivity contribution is 5.28. The summed E-state index contributed by atoms with van der Waals surface area (Å²) in [5.74, 6) is 0.0219. The fourth-order valence-corrected chi connectivity index (χ4v) is 1.66. The molecular weight excluding hydrogens is 166 g/mol. The average molecular weight is 183 g/mol. The van der Waals surface area contributed by atoms with Crippen molar-refractivity contribution in [1.29, 1.82) is 0 Å². The SMILES string of the molecule is Cc1nn(C)c(C)c1C(CN)CO. The Morgan fingerprint density at radius 2 is 2.15 bits per heavy atom. The monoisotopic (exact) mass is 183 g/mol. The summed E-state index contributed by atoms with van der Waals surface area (Å²) in [5, 5.41) is 13.4. The van der Waals surface area contributed by atoms with Gasteiger partial charge in [-0.05, 0) is 13.8 Å². The number of nitrogens with zero attached hydrogens (tertiary/aromatic N) is 2. The molecule has 1 rings (SSSR count). The second-order valence-electron chi connectivity index (χ2n) is 3.32. The van der Waals surface area contributed by atoms with Gasteiger partial charge in [-0.25, -0.2) is 0 Å². The minimum absolute atomic E-state index is 0.0219. The molecular formula is C9H17N3O. The smallest absolute Gasteiger partial charge is 0.0632 e. The first-order chi connectivity index (χ1) is 6.11. The number of nitrogens with two attached hydrogens (primary N) is 1. The summed E-state index contributed by atoms with van der Waals surface area (Å²) in [6.07, 6.45) is 0. The molecule has 1 aromatic heterocycles. The summed E-state index contributed by atoms with van der Waals surface area (Å²) in [6.45, 7) is 4.49. The Morgan fingerprint density at radius 3 is 2.46 bits per heavy atom. The van der Waals surface area contributed by atoms with Crippen LogP contribution >= 0.6 is 0 Å². The minimum Gasteiger partial charge on any atom is -0.396 e. The van der Waals surface area contributed by atoms with E-state index in [2.05, 4.69) is 5.10 Å². The van der Waals surface area contributed by atoms with Crippen LogP contribution in [-0.2, 0) is 7.05 Å². The Morgan fingerprint density at radius 1 is 1.54 bits per heavy atom. The van der Waals surface area contributed by atoms with E-state index in [9.17, 15) is 0 Å². The van der Waals surface area contributed by atoms with Crippen LogP contribution in [0.25, 0.3) is 0 Å². The Kier molecular flexibility index (Phi) is 3.06. The summed E-state index contributed by atoms with van der Waals surface area (Å²) in [5.41, 5.74) is 8.70. The van der Waals surface area contributed by atoms with Crippen molar-refractivity contribution >= 4 is 0 Å². The molecule has 0 aliphatic rings. The topological polar surface area (TPSA) is 64.1 Å². The first-order valence-corrected chi connectivity index (χ1v) is 4.42. The van der Waals surface area contributed by atoms with E-state index in [-0.39, 0.29) is 12.5 Å². The van der Waals surface area contributed by atoms with Gasteiger partial charge >= 0.3 is 0 Å². The lowest BCUT2D eigenvalue weighted by Crippen LogP contribution is -2.17. The number of aliphatic hydroxyl groups is 1. The van der Waals surface area contributed by atoms with Crippen LogP contribution in [0, 0.1) is 13.8 Å². The van der Waals surface area contributed by atoms with Crippen LogP contribution in [0.1, 0.15) is 22.9 Å². The van der Waals surface area contributed by atoms with Crippen LogP contribution in [0.4, 0.5) is 0 Å². The van der Waals surface area contributed by atoms with Crippen LogP contribution in [0.3, 0.4) is 0 Å². The van der Waals surface area contributed by atoms with Crippen LogP contribution in [-0.4, -0.2) is 28.0 Å². The molecule has 3 N–H and O–H groups in total. The maximum Gasteiger partial charge on any atom is 0.0632 e. The minimum atomic E-state index is 0.0219. The average Bonchev–Trinajstić information content (AvgIpc) is 2.34. The van der Waals surface area contributed by atoms with Gasteiger partial charge in [0, 0.05) is 30.8 Å². The van der Waals surface area contributed by atoms with E-state index in [1.165, 1.54) is 0 Å². The quantitative estimate of drug-likeness (QED) is 0.697. The van der Waals surface area contributed by atoms with Crippen molar-refractivity contribution in [1.82, 2.24) is 9.78 Å². The normalized spacial score (nSPS) is 13.3. The molecule has 0 fully saturated rings. The highest BCUT2D eigenvalue weighted by Crippen LogP contribution is 2.21. The number of hydrogen-bond donors (Lipinski definition) is 2. The van der Waals surface area contributed by atoms with Crippen molar-refractivity contribution in [3.8, 4) is 0 Å². The van der Waals surface area contributed by atoms with Gasteiger partial charge in [-0.15, -0.1) is 0 Å². The van der Waals surface area contributed by atoms with Gasteiger partial charge in [0.05, 0.1) is 12.3 Å². The Balaban J connectivity index is 3.11. The van der Waals surface area contributed by atoms with Crippen molar-refractivity contribution in [3.63, 3.8) is 0 Å². The zero-order valence-electron chi connectivity index (χ0n) is 8.41. The number of aromatic nitrogens is 2. The Hall–Kier alpha value is -0.870. The summed E-state index contributed by atoms with van der Waals surface area (Å²) < 4.78 is 1.82. The van der Waals surface area contributed by atoms with Gasteiger partial charge in [-0.2, -0.15) is 5.10 Å². The van der Waals surface area contributed by atoms with Gasteiger partial charge in [0.15, 0.2) is 0 Å². The first-order valence-electron chi connectivity index (χ1n) is 4.42. The molecule has 0 aliphatic heterocycles. The van der Waals surface area contributed by atoms with Crippen molar-refractivity contribution in [3.05, 3.63) is 17.0 Å². The lowest BCUT2D eigenvalue weighted by molar-refractivity contribution is 0.267. The van der Waals surface area contributed by atoms with E-state index in [4.69, 9.17) is 10.8 Å². The number of hydrogen-bond acceptors (Lipinski definition) is 3. The van der Waals surface area contributed by atoms with Gasteiger partial charge in [-0.3, -0.25) is 4.68 Å². The van der Waals surface area contributed by atoms with E-state index in [0.29, 0.717) is 6.54 Å². The summed E-state index contributed by atoms with van der Waals surface area (Å²) in [7, 11) is 1.90. The maximum atomic E-state index is 9.12. The fraction of sp³-hybridized carbons (Fsp3) is 0.667. The number of aryl methyl sites for hydroxylation is 2. The van der Waals surface area contributed by atoms with Crippen molar-refractivity contribution in [2.75, 3.05) is 13.2 Å². The highest BCUT2D eigenvalue weighted by atomic mass is 16.3. The number of aliphatic hydroxyl groups excluding tert-OH is 1. The zero-order chi connectivity index (χ0) is 10.0. The molecule has 0 aromatic carbocycles. The molecule has 0 spiro atoms. The molecule has 4 heteroatoms. The lowest BCUT2D eigenvalue weighted by atomic mass is 9.98. The summed E-state index contributed by atoms with van der Waals surface area (Å²) in [4.78, 5) is 0. The predicted molar refractivity (Wildman–Crippen MR) is 51.6 cm³/mol. The molecule has 1 heterocycles. The van der Waals surface area contributed by atoms with Crippen LogP contribution in [0.15, 0.2) is 0 Å². The van der Waals surface area contributed by atoms with Crippen molar-refractivity contribution in [2.24, 2.45) is 12.8 Å². The summed E-state index contributed by atoms with van der Waals surface area (Å²) in [6, 6.07) is 0. The molecule has 4 nitrogen and oxygen atoms in total. The van der Waals surface area contributed by atoms with E-state index in [1.54, 1.807) is 0 Å². The number of rotatable bonds is 3. The van der Waals surface area contributed by atoms with E-state index < -0.39 is 0 Å². The van der Waals surface area contributed by atoms with E-state index in [0.717, 1.165) is 17.0 Å². The largest absolute Gasteiger partial charge is 0.396 e. The zero-order valence-corrected chi connectivity index (χ0v) is 8.41. The molecule has 0 aliphatic carbocycles. The molecule has 13 heavy (non-hydrogen) atoms. The third kappa shape index (κ3) is 1.73. The third-order valence-electron chi connectivity index (χ3n) is 2.48. The summed E-state index contributed by atoms with van der Waals surface area (Å²) >= 11 is 0. The molecule has 1 unspecified atom stereocenters. The Bertz CT molecular complexity index is 289. The standard InChI is InChI=1S/C9H17N3O/c1-6-9(8(4-10)5-13)7(2)12(3)11-6/h8,13H,4-5,10H2,1-3H3. The second kappa shape index (κ2) is 3.89. The van der Waals surface area contributed by atoms with Crippen molar-refractivity contribution in [2.45, 2.75) is 19.8 Å². The van der Waals surface area contributed by atoms with Gasteiger partial charge in [0.25, 0.3) is 0 Å². The molecule has 0 radical (unpaired) electrons. The van der Waals surface area contributed by atoms with E-state index in [1.807, 2.05) is 25.6 Å². The molecule has 1 atom stereocenters. The highest BCUT2D eigenvalue weighted by Gasteiger charge is 2.17. The van der Waals surface area contributed by atoms with Crippen LogP contribution in [0.2, 0.25) is 0 Å². The Labute approximate surface area is 78.4 Å². The fourth-order valence-electron chi connectivity index (χ4n) is 1.66. The van der Waals surface area contributed by atoms with Crippen LogP contribution < -0.4 is 5.73 Å². The van der Waals surface area contributed by atoms with Gasteiger partial charge in [-0.1, -0.05) is 0 Å². The molecule has 0 saturated heterocycles. The molecule has 74 valence electrons. The third-order valence-corrected chi connectivity index (χ3v) is 2.48. The molecule has 0 saturated carbocycles.